The number of halogens is 4. The number of carbonyl (C=O) groups excluding carboxylic acids is 1. The molecular formula is C23H25F4N3O3S. The van der Waals surface area contributed by atoms with Gasteiger partial charge in [0.15, 0.2) is 0 Å². The highest BCUT2D eigenvalue weighted by molar-refractivity contribution is 7.89. The minimum absolute atomic E-state index is 0.0222. The van der Waals surface area contributed by atoms with E-state index in [1.54, 1.807) is 12.1 Å². The molecule has 11 heteroatoms. The summed E-state index contributed by atoms with van der Waals surface area (Å²) in [7, 11) is -3.90. The van der Waals surface area contributed by atoms with E-state index in [0.29, 0.717) is 13.1 Å². The Labute approximate surface area is 195 Å². The van der Waals surface area contributed by atoms with Gasteiger partial charge in [-0.2, -0.15) is 17.5 Å². The maximum absolute atomic E-state index is 13.2. The third kappa shape index (κ3) is 5.20. The lowest BCUT2D eigenvalue weighted by Crippen LogP contribution is -2.48. The largest absolute Gasteiger partial charge is 0.393 e. The molecule has 34 heavy (non-hydrogen) atoms. The highest BCUT2D eigenvalue weighted by Gasteiger charge is 2.43. The van der Waals surface area contributed by atoms with Gasteiger partial charge < -0.3 is 9.80 Å². The van der Waals surface area contributed by atoms with Gasteiger partial charge in [-0.05, 0) is 55.3 Å². The first-order chi connectivity index (χ1) is 16.1. The molecule has 0 spiro atoms. The Morgan fingerprint density at radius 1 is 0.941 bits per heavy atom. The second kappa shape index (κ2) is 9.53. The van der Waals surface area contributed by atoms with Crippen LogP contribution in [-0.4, -0.2) is 69.0 Å². The van der Waals surface area contributed by atoms with Gasteiger partial charge in [0.1, 0.15) is 5.82 Å². The molecular weight excluding hydrogens is 474 g/mol. The summed E-state index contributed by atoms with van der Waals surface area (Å²) >= 11 is 0. The molecule has 4 rings (SSSR count). The van der Waals surface area contributed by atoms with Crippen LogP contribution < -0.4 is 4.90 Å². The number of nitrogens with zero attached hydrogens (tertiary/aromatic N) is 3. The van der Waals surface area contributed by atoms with Gasteiger partial charge in [0.2, 0.25) is 10.0 Å². The van der Waals surface area contributed by atoms with Crippen molar-refractivity contribution in [2.45, 2.75) is 23.9 Å². The lowest BCUT2D eigenvalue weighted by molar-refractivity contribution is -0.184. The van der Waals surface area contributed by atoms with Crippen LogP contribution in [0.5, 0.6) is 0 Å². The summed E-state index contributed by atoms with van der Waals surface area (Å²) in [6.07, 6.45) is -4.15. The van der Waals surface area contributed by atoms with Crippen LogP contribution in [-0.2, 0) is 10.0 Å². The van der Waals surface area contributed by atoms with E-state index in [-0.39, 0.29) is 48.8 Å². The Bertz CT molecular complexity index is 1130. The van der Waals surface area contributed by atoms with Crippen molar-refractivity contribution in [2.75, 3.05) is 44.2 Å². The van der Waals surface area contributed by atoms with Gasteiger partial charge >= 0.3 is 6.18 Å². The molecule has 0 N–H and O–H groups in total. The predicted molar refractivity (Wildman–Crippen MR) is 118 cm³/mol. The third-order valence-corrected chi connectivity index (χ3v) is 8.22. The molecule has 2 aromatic carbocycles. The van der Waals surface area contributed by atoms with Crippen molar-refractivity contribution in [3.05, 3.63) is 59.9 Å². The Kier molecular flexibility index (Phi) is 6.86. The van der Waals surface area contributed by atoms with Crippen LogP contribution >= 0.6 is 0 Å². The van der Waals surface area contributed by atoms with E-state index in [2.05, 4.69) is 0 Å². The Morgan fingerprint density at radius 3 is 2.26 bits per heavy atom. The number of likely N-dealkylation sites (tertiary alicyclic amines) is 1. The molecule has 0 radical (unpaired) electrons. The fourth-order valence-electron chi connectivity index (χ4n) is 4.39. The molecule has 6 nitrogen and oxygen atoms in total. The number of anilines is 1. The Balaban J connectivity index is 1.45. The van der Waals surface area contributed by atoms with Crippen molar-refractivity contribution in [1.82, 2.24) is 9.21 Å². The molecule has 2 aliphatic heterocycles. The van der Waals surface area contributed by atoms with Crippen LogP contribution in [0.25, 0.3) is 0 Å². The number of alkyl halides is 3. The highest BCUT2D eigenvalue weighted by Crippen LogP contribution is 2.33. The number of amides is 1. The molecule has 0 unspecified atom stereocenters. The average molecular weight is 500 g/mol. The fraction of sp³-hybridized carbons (Fsp3) is 0.435. The molecule has 2 saturated heterocycles. The van der Waals surface area contributed by atoms with Crippen LogP contribution in [0, 0.1) is 11.7 Å². The van der Waals surface area contributed by atoms with Crippen molar-refractivity contribution in [3.8, 4) is 0 Å². The minimum Gasteiger partial charge on any atom is -0.369 e. The molecule has 0 bridgehead atoms. The number of hydrogen-bond acceptors (Lipinski definition) is 4. The lowest BCUT2D eigenvalue weighted by Gasteiger charge is -2.35. The standard InChI is InChI=1S/C23H25F4N3O3S/c24-19-6-8-20(9-7-19)28-11-13-30(14-12-28)34(32,33)21-5-1-3-17(15-21)22(31)29-10-2-4-18(16-29)23(25,26)27/h1,3,5-9,15,18H,2,4,10-14,16H2/t18-/m1/s1. The molecule has 2 fully saturated rings. The van der Waals surface area contributed by atoms with E-state index < -0.39 is 34.6 Å². The monoisotopic (exact) mass is 499 g/mol. The zero-order valence-corrected chi connectivity index (χ0v) is 19.2. The van der Waals surface area contributed by atoms with Crippen LogP contribution in [0.1, 0.15) is 23.2 Å². The lowest BCUT2D eigenvalue weighted by atomic mass is 9.97. The Morgan fingerprint density at radius 2 is 1.62 bits per heavy atom. The van der Waals surface area contributed by atoms with Crippen LogP contribution in [0.2, 0.25) is 0 Å². The summed E-state index contributed by atoms with van der Waals surface area (Å²) < 4.78 is 80.2. The number of piperidine rings is 1. The van der Waals surface area contributed by atoms with Crippen molar-refractivity contribution in [3.63, 3.8) is 0 Å². The molecule has 184 valence electrons. The van der Waals surface area contributed by atoms with E-state index in [1.807, 2.05) is 4.90 Å². The van der Waals surface area contributed by atoms with Crippen molar-refractivity contribution in [1.29, 1.82) is 0 Å². The molecule has 1 atom stereocenters. The summed E-state index contributed by atoms with van der Waals surface area (Å²) in [5.74, 6) is -2.53. The quantitative estimate of drug-likeness (QED) is 0.602. The smallest absolute Gasteiger partial charge is 0.369 e. The summed E-state index contributed by atoms with van der Waals surface area (Å²) in [6.45, 7) is 1.01. The summed E-state index contributed by atoms with van der Waals surface area (Å²) in [5, 5.41) is 0. The fourth-order valence-corrected chi connectivity index (χ4v) is 5.86. The van der Waals surface area contributed by atoms with Gasteiger partial charge in [-0.1, -0.05) is 6.07 Å². The van der Waals surface area contributed by atoms with E-state index in [0.717, 1.165) is 10.6 Å². The SMILES string of the molecule is O=C(c1cccc(S(=O)(=O)N2CCN(c3ccc(F)cc3)CC2)c1)N1CCC[C@@H](C(F)(F)F)C1. The molecule has 0 aromatic heterocycles. The summed E-state index contributed by atoms with van der Waals surface area (Å²) in [6, 6.07) is 11.4. The first-order valence-electron chi connectivity index (χ1n) is 11.0. The van der Waals surface area contributed by atoms with Gasteiger partial charge in [-0.3, -0.25) is 4.79 Å². The molecule has 0 aliphatic carbocycles. The van der Waals surface area contributed by atoms with Gasteiger partial charge in [0.05, 0.1) is 10.8 Å². The predicted octanol–water partition coefficient (Wildman–Crippen LogP) is 3.75. The Hall–Kier alpha value is -2.66. The normalized spacial score (nSPS) is 20.4. The second-order valence-electron chi connectivity index (χ2n) is 8.53. The number of hydrogen-bond donors (Lipinski definition) is 0. The molecule has 2 aliphatic rings. The molecule has 2 aromatic rings. The number of benzene rings is 2. The van der Waals surface area contributed by atoms with Gasteiger partial charge in [-0.15, -0.1) is 0 Å². The molecule has 0 saturated carbocycles. The van der Waals surface area contributed by atoms with Crippen LogP contribution in [0.15, 0.2) is 53.4 Å². The zero-order chi connectivity index (χ0) is 24.5. The van der Waals surface area contributed by atoms with Gasteiger partial charge in [0.25, 0.3) is 5.91 Å². The van der Waals surface area contributed by atoms with E-state index >= 15 is 0 Å². The van der Waals surface area contributed by atoms with Crippen LogP contribution in [0.4, 0.5) is 23.2 Å². The van der Waals surface area contributed by atoms with Gasteiger partial charge in [0, 0.05) is 50.5 Å². The first kappa shape index (κ1) is 24.5. The maximum Gasteiger partial charge on any atom is 0.393 e. The van der Waals surface area contributed by atoms with E-state index in [4.69, 9.17) is 0 Å². The van der Waals surface area contributed by atoms with Crippen molar-refractivity contribution >= 4 is 21.6 Å². The van der Waals surface area contributed by atoms with Crippen molar-refractivity contribution < 1.29 is 30.8 Å². The van der Waals surface area contributed by atoms with E-state index in [1.165, 1.54) is 40.7 Å². The second-order valence-corrected chi connectivity index (χ2v) is 10.5. The zero-order valence-electron chi connectivity index (χ0n) is 18.3. The first-order valence-corrected chi connectivity index (χ1v) is 12.5. The molecule has 1 amide bonds. The topological polar surface area (TPSA) is 60.9 Å². The number of rotatable bonds is 4. The highest BCUT2D eigenvalue weighted by atomic mass is 32.2. The third-order valence-electron chi connectivity index (χ3n) is 6.32. The summed E-state index contributed by atoms with van der Waals surface area (Å²) in [4.78, 5) is 15.9. The number of sulfonamides is 1. The minimum atomic E-state index is -4.37. The van der Waals surface area contributed by atoms with Crippen LogP contribution in [0.3, 0.4) is 0 Å². The number of piperazine rings is 1. The summed E-state index contributed by atoms with van der Waals surface area (Å²) in [5.41, 5.74) is 0.846. The number of carbonyl (C=O) groups is 1. The van der Waals surface area contributed by atoms with Crippen molar-refractivity contribution in [2.24, 2.45) is 5.92 Å². The van der Waals surface area contributed by atoms with E-state index in [9.17, 15) is 30.8 Å². The average Bonchev–Trinajstić information content (AvgIpc) is 2.84. The molecule has 2 heterocycles. The maximum atomic E-state index is 13.2. The van der Waals surface area contributed by atoms with Gasteiger partial charge in [-0.25, -0.2) is 12.8 Å².